The van der Waals surface area contributed by atoms with Gasteiger partial charge in [-0.3, -0.25) is 14.9 Å². The molecule has 0 aliphatic rings. The number of non-ortho nitro benzene ring substituents is 1. The number of benzene rings is 2. The average molecular weight is 383 g/mol. The number of carbonyl (C=O) groups is 1. The van der Waals surface area contributed by atoms with Gasteiger partial charge in [0.25, 0.3) is 11.6 Å². The van der Waals surface area contributed by atoms with Gasteiger partial charge in [-0.1, -0.05) is 17.4 Å². The Morgan fingerprint density at radius 3 is 2.70 bits per heavy atom. The zero-order valence-electron chi connectivity index (χ0n) is 14.8. The van der Waals surface area contributed by atoms with Crippen LogP contribution in [0.5, 0.6) is 5.75 Å². The number of thiazole rings is 1. The van der Waals surface area contributed by atoms with Crippen LogP contribution in [-0.4, -0.2) is 22.0 Å². The number of fused-ring (bicyclic) bond motifs is 1. The van der Waals surface area contributed by atoms with Crippen LogP contribution >= 0.6 is 11.3 Å². The number of hydrogen-bond donors (Lipinski definition) is 0. The fourth-order valence-corrected chi connectivity index (χ4v) is 3.59. The molecule has 1 aromatic heterocycles. The van der Waals surface area contributed by atoms with Crippen LogP contribution in [0.3, 0.4) is 0 Å². The van der Waals surface area contributed by atoms with Gasteiger partial charge in [0, 0.05) is 25.3 Å². The van der Waals surface area contributed by atoms with Gasteiger partial charge in [-0.15, -0.1) is 0 Å². The molecule has 27 heavy (non-hydrogen) atoms. The summed E-state index contributed by atoms with van der Waals surface area (Å²) in [6.07, 6.45) is 2.92. The monoisotopic (exact) mass is 383 g/mol. The zero-order chi connectivity index (χ0) is 19.4. The number of rotatable bonds is 5. The molecular weight excluding hydrogens is 366 g/mol. The fourth-order valence-electron chi connectivity index (χ4n) is 2.55. The molecular formula is C19H17N3O4S. The Bertz CT molecular complexity index is 1090. The SMILES string of the molecule is CCOc1cccc2sc(=NC(=O)/C=C/c3ccc([N+](=O)[O-])cc3)n(C)c12. The van der Waals surface area contributed by atoms with Gasteiger partial charge in [-0.2, -0.15) is 4.99 Å². The molecule has 8 heteroatoms. The summed E-state index contributed by atoms with van der Waals surface area (Å²) in [5.41, 5.74) is 1.59. The average Bonchev–Trinajstić information content (AvgIpc) is 2.97. The van der Waals surface area contributed by atoms with Crippen LogP contribution in [0.15, 0.2) is 53.5 Å². The number of nitro benzene ring substituents is 1. The summed E-state index contributed by atoms with van der Waals surface area (Å²) in [7, 11) is 1.84. The summed E-state index contributed by atoms with van der Waals surface area (Å²) >= 11 is 1.41. The van der Waals surface area contributed by atoms with E-state index in [4.69, 9.17) is 4.74 Å². The zero-order valence-corrected chi connectivity index (χ0v) is 15.6. The topological polar surface area (TPSA) is 86.7 Å². The van der Waals surface area contributed by atoms with Crippen LogP contribution in [0.4, 0.5) is 5.69 Å². The van der Waals surface area contributed by atoms with Gasteiger partial charge >= 0.3 is 0 Å². The Morgan fingerprint density at radius 1 is 1.30 bits per heavy atom. The second kappa shape index (κ2) is 7.96. The second-order valence-corrected chi connectivity index (χ2v) is 6.62. The van der Waals surface area contributed by atoms with E-state index >= 15 is 0 Å². The first kappa shape index (κ1) is 18.5. The standard InChI is InChI=1S/C19H17N3O4S/c1-3-26-15-5-4-6-16-18(15)21(2)19(27-16)20-17(23)12-9-13-7-10-14(11-8-13)22(24)25/h4-12H,3H2,1-2H3/b12-9+,20-19?. The van der Waals surface area contributed by atoms with E-state index in [9.17, 15) is 14.9 Å². The predicted molar refractivity (Wildman–Crippen MR) is 105 cm³/mol. The molecule has 0 unspecified atom stereocenters. The highest BCUT2D eigenvalue weighted by atomic mass is 32.1. The van der Waals surface area contributed by atoms with Gasteiger partial charge in [0.2, 0.25) is 0 Å². The molecule has 0 saturated carbocycles. The molecule has 0 bridgehead atoms. The number of nitrogens with zero attached hydrogens (tertiary/aromatic N) is 3. The number of hydrogen-bond acceptors (Lipinski definition) is 5. The molecule has 3 aromatic rings. The van der Waals surface area contributed by atoms with Crippen LogP contribution in [0.2, 0.25) is 0 Å². The smallest absolute Gasteiger partial charge is 0.272 e. The van der Waals surface area contributed by atoms with E-state index in [1.54, 1.807) is 18.2 Å². The Balaban J connectivity index is 1.87. The molecule has 0 aliphatic heterocycles. The Hall–Kier alpha value is -3.26. The quantitative estimate of drug-likeness (QED) is 0.382. The summed E-state index contributed by atoms with van der Waals surface area (Å²) in [4.78, 5) is 27.1. The van der Waals surface area contributed by atoms with Gasteiger partial charge in [-0.05, 0) is 42.8 Å². The molecule has 138 valence electrons. The van der Waals surface area contributed by atoms with Crippen molar-refractivity contribution < 1.29 is 14.5 Å². The van der Waals surface area contributed by atoms with Crippen molar-refractivity contribution in [3.8, 4) is 5.75 Å². The Labute approximate surface area is 159 Å². The lowest BCUT2D eigenvalue weighted by atomic mass is 10.2. The summed E-state index contributed by atoms with van der Waals surface area (Å²) in [5.74, 6) is 0.345. The van der Waals surface area contributed by atoms with E-state index in [-0.39, 0.29) is 5.69 Å². The molecule has 3 rings (SSSR count). The van der Waals surface area contributed by atoms with Crippen LogP contribution < -0.4 is 9.54 Å². The molecule has 0 atom stereocenters. The molecule has 0 radical (unpaired) electrons. The number of ether oxygens (including phenoxy) is 1. The van der Waals surface area contributed by atoms with Crippen molar-refractivity contribution in [1.29, 1.82) is 0 Å². The molecule has 0 N–H and O–H groups in total. The minimum atomic E-state index is -0.466. The van der Waals surface area contributed by atoms with E-state index in [1.807, 2.05) is 36.7 Å². The van der Waals surface area contributed by atoms with E-state index in [0.717, 1.165) is 16.0 Å². The van der Waals surface area contributed by atoms with Gasteiger partial charge in [0.15, 0.2) is 4.80 Å². The van der Waals surface area contributed by atoms with Crippen molar-refractivity contribution in [2.24, 2.45) is 12.0 Å². The first-order valence-electron chi connectivity index (χ1n) is 8.22. The maximum absolute atomic E-state index is 12.2. The third-order valence-corrected chi connectivity index (χ3v) is 4.91. The van der Waals surface area contributed by atoms with E-state index in [2.05, 4.69) is 4.99 Å². The first-order chi connectivity index (χ1) is 13.0. The molecule has 7 nitrogen and oxygen atoms in total. The fraction of sp³-hybridized carbons (Fsp3) is 0.158. The van der Waals surface area contributed by atoms with E-state index < -0.39 is 10.8 Å². The van der Waals surface area contributed by atoms with E-state index in [0.29, 0.717) is 17.0 Å². The van der Waals surface area contributed by atoms with Crippen molar-refractivity contribution in [1.82, 2.24) is 4.57 Å². The minimum absolute atomic E-state index is 0.00515. The first-order valence-corrected chi connectivity index (χ1v) is 9.04. The number of nitro groups is 1. The highest BCUT2D eigenvalue weighted by Crippen LogP contribution is 2.26. The lowest BCUT2D eigenvalue weighted by molar-refractivity contribution is -0.384. The van der Waals surface area contributed by atoms with Crippen LogP contribution in [0.25, 0.3) is 16.3 Å². The van der Waals surface area contributed by atoms with Crippen molar-refractivity contribution in [3.63, 3.8) is 0 Å². The third kappa shape index (κ3) is 4.12. The lowest BCUT2D eigenvalue weighted by Crippen LogP contribution is -2.12. The van der Waals surface area contributed by atoms with Crippen molar-refractivity contribution in [3.05, 3.63) is 69.0 Å². The predicted octanol–water partition coefficient (Wildman–Crippen LogP) is 3.69. The Morgan fingerprint density at radius 2 is 2.04 bits per heavy atom. The molecule has 0 spiro atoms. The highest BCUT2D eigenvalue weighted by molar-refractivity contribution is 7.16. The normalized spacial score (nSPS) is 12.0. The largest absolute Gasteiger partial charge is 0.492 e. The highest BCUT2D eigenvalue weighted by Gasteiger charge is 2.09. The summed E-state index contributed by atoms with van der Waals surface area (Å²) in [6, 6.07) is 11.7. The maximum atomic E-state index is 12.2. The Kier molecular flexibility index (Phi) is 5.46. The van der Waals surface area contributed by atoms with Crippen LogP contribution in [0.1, 0.15) is 12.5 Å². The number of aryl methyl sites for hydroxylation is 1. The lowest BCUT2D eigenvalue weighted by Gasteiger charge is -2.05. The molecule has 0 aliphatic carbocycles. The number of aromatic nitrogens is 1. The van der Waals surface area contributed by atoms with E-state index in [1.165, 1.54) is 29.5 Å². The van der Waals surface area contributed by atoms with Gasteiger partial charge in [-0.25, -0.2) is 0 Å². The van der Waals surface area contributed by atoms with Gasteiger partial charge < -0.3 is 9.30 Å². The molecule has 0 fully saturated rings. The third-order valence-electron chi connectivity index (χ3n) is 3.81. The second-order valence-electron chi connectivity index (χ2n) is 5.61. The maximum Gasteiger partial charge on any atom is 0.272 e. The molecule has 2 aromatic carbocycles. The number of amides is 1. The van der Waals surface area contributed by atoms with Crippen LogP contribution in [0, 0.1) is 10.1 Å². The van der Waals surface area contributed by atoms with Crippen LogP contribution in [-0.2, 0) is 11.8 Å². The molecule has 1 heterocycles. The van der Waals surface area contributed by atoms with Gasteiger partial charge in [0.05, 0.1) is 16.2 Å². The number of carbonyl (C=O) groups excluding carboxylic acids is 1. The number of para-hydroxylation sites is 1. The summed E-state index contributed by atoms with van der Waals surface area (Å²) < 4.78 is 8.46. The van der Waals surface area contributed by atoms with Crippen molar-refractivity contribution >= 4 is 39.2 Å². The summed E-state index contributed by atoms with van der Waals surface area (Å²) in [5, 5.41) is 10.7. The van der Waals surface area contributed by atoms with Crippen molar-refractivity contribution in [2.75, 3.05) is 6.61 Å². The molecule has 1 amide bonds. The van der Waals surface area contributed by atoms with Gasteiger partial charge in [0.1, 0.15) is 11.3 Å². The van der Waals surface area contributed by atoms with Crippen molar-refractivity contribution in [2.45, 2.75) is 6.92 Å². The molecule has 0 saturated heterocycles. The minimum Gasteiger partial charge on any atom is -0.492 e. The summed E-state index contributed by atoms with van der Waals surface area (Å²) in [6.45, 7) is 2.47.